The van der Waals surface area contributed by atoms with Gasteiger partial charge >= 0.3 is 0 Å². The predicted molar refractivity (Wildman–Crippen MR) is 83.5 cm³/mol. The molecule has 1 spiro atoms. The van der Waals surface area contributed by atoms with E-state index in [0.717, 1.165) is 17.9 Å². The van der Waals surface area contributed by atoms with E-state index >= 15 is 0 Å². The van der Waals surface area contributed by atoms with Gasteiger partial charge in [-0.2, -0.15) is 0 Å². The van der Waals surface area contributed by atoms with Crippen molar-refractivity contribution in [1.29, 1.82) is 0 Å². The molecule has 1 unspecified atom stereocenters. The van der Waals surface area contributed by atoms with Crippen LogP contribution in [0.25, 0.3) is 0 Å². The van der Waals surface area contributed by atoms with Crippen LogP contribution >= 0.6 is 0 Å². The minimum absolute atomic E-state index is 0.672. The number of rotatable bonds is 5. The van der Waals surface area contributed by atoms with Gasteiger partial charge < -0.3 is 10.2 Å². The van der Waals surface area contributed by atoms with Crippen molar-refractivity contribution in [2.75, 3.05) is 26.2 Å². The summed E-state index contributed by atoms with van der Waals surface area (Å²) in [4.78, 5) is 2.72. The first kappa shape index (κ1) is 15.3. The van der Waals surface area contributed by atoms with Gasteiger partial charge in [-0.25, -0.2) is 0 Å². The molecule has 0 aromatic carbocycles. The maximum Gasteiger partial charge on any atom is 0.0217 e. The smallest absolute Gasteiger partial charge is 0.0217 e. The maximum absolute atomic E-state index is 3.66. The molecular weight excluding hydrogens is 232 g/mol. The molecule has 2 heteroatoms. The van der Waals surface area contributed by atoms with Crippen molar-refractivity contribution in [2.45, 2.75) is 71.8 Å². The lowest BCUT2D eigenvalue weighted by atomic mass is 9.68. The first-order valence-corrected chi connectivity index (χ1v) is 8.61. The lowest BCUT2D eigenvalue weighted by Gasteiger charge is -2.45. The molecule has 19 heavy (non-hydrogen) atoms. The second-order valence-corrected chi connectivity index (χ2v) is 7.27. The van der Waals surface area contributed by atoms with E-state index < -0.39 is 0 Å². The molecule has 1 saturated heterocycles. The molecule has 112 valence electrons. The van der Waals surface area contributed by atoms with Crippen molar-refractivity contribution in [1.82, 2.24) is 10.2 Å². The Morgan fingerprint density at radius 3 is 2.16 bits per heavy atom. The predicted octanol–water partition coefficient (Wildman–Crippen LogP) is 3.67. The summed E-state index contributed by atoms with van der Waals surface area (Å²) in [6.07, 6.45) is 10.4. The van der Waals surface area contributed by atoms with Crippen molar-refractivity contribution in [3.05, 3.63) is 0 Å². The molecule has 1 N–H and O–H groups in total. The Balaban J connectivity index is 1.78. The van der Waals surface area contributed by atoms with Crippen LogP contribution in [-0.2, 0) is 0 Å². The van der Waals surface area contributed by atoms with Crippen LogP contribution in [0.5, 0.6) is 0 Å². The molecule has 1 heterocycles. The van der Waals surface area contributed by atoms with Crippen molar-refractivity contribution in [2.24, 2.45) is 11.3 Å². The number of piperidine rings is 1. The normalized spacial score (nSPS) is 25.9. The number of likely N-dealkylation sites (N-methyl/N-ethyl adjacent to an activating group) is 1. The van der Waals surface area contributed by atoms with Crippen LogP contribution in [-0.4, -0.2) is 37.1 Å². The minimum atomic E-state index is 0.672. The van der Waals surface area contributed by atoms with Crippen molar-refractivity contribution in [3.63, 3.8) is 0 Å². The van der Waals surface area contributed by atoms with Gasteiger partial charge in [-0.15, -0.1) is 0 Å². The zero-order chi connectivity index (χ0) is 13.7. The average Bonchev–Trinajstić information content (AvgIpc) is 2.42. The molecule has 0 bridgehead atoms. The summed E-state index contributed by atoms with van der Waals surface area (Å²) >= 11 is 0. The summed E-state index contributed by atoms with van der Waals surface area (Å²) in [6, 6.07) is 0.672. The van der Waals surface area contributed by atoms with E-state index in [-0.39, 0.29) is 0 Å². The fourth-order valence-corrected chi connectivity index (χ4v) is 4.06. The Hall–Kier alpha value is -0.0800. The molecule has 0 aromatic heterocycles. The first-order valence-electron chi connectivity index (χ1n) is 8.61. The molecule has 0 aromatic rings. The standard InChI is InChI=1S/C17H34N2/c1-4-18-16(15(2)3)14-19-12-10-17(11-13-19)8-6-5-7-9-17/h15-16,18H,4-14H2,1-3H3. The largest absolute Gasteiger partial charge is 0.313 e. The minimum Gasteiger partial charge on any atom is -0.313 e. The Morgan fingerprint density at radius 2 is 1.63 bits per heavy atom. The highest BCUT2D eigenvalue weighted by Gasteiger charge is 2.35. The highest BCUT2D eigenvalue weighted by molar-refractivity contribution is 4.89. The Kier molecular flexibility index (Phi) is 5.70. The molecule has 0 amide bonds. The molecule has 1 atom stereocenters. The van der Waals surface area contributed by atoms with E-state index in [1.807, 2.05) is 0 Å². The SMILES string of the molecule is CCNC(CN1CCC2(CCCCC2)CC1)C(C)C. The Morgan fingerprint density at radius 1 is 1.00 bits per heavy atom. The zero-order valence-corrected chi connectivity index (χ0v) is 13.4. The van der Waals surface area contributed by atoms with Gasteiger partial charge in [-0.3, -0.25) is 0 Å². The molecule has 1 aliphatic heterocycles. The molecule has 1 saturated carbocycles. The fourth-order valence-electron chi connectivity index (χ4n) is 4.06. The summed E-state index contributed by atoms with van der Waals surface area (Å²) in [5, 5.41) is 3.66. The van der Waals surface area contributed by atoms with Crippen LogP contribution in [0.3, 0.4) is 0 Å². The van der Waals surface area contributed by atoms with Crippen LogP contribution in [0.15, 0.2) is 0 Å². The molecule has 0 radical (unpaired) electrons. The second-order valence-electron chi connectivity index (χ2n) is 7.27. The van der Waals surface area contributed by atoms with E-state index in [1.165, 1.54) is 64.6 Å². The summed E-state index contributed by atoms with van der Waals surface area (Å²) in [5.41, 5.74) is 0.750. The van der Waals surface area contributed by atoms with E-state index in [2.05, 4.69) is 31.0 Å². The molecule has 2 rings (SSSR count). The second kappa shape index (κ2) is 7.08. The summed E-state index contributed by atoms with van der Waals surface area (Å²) in [5.74, 6) is 0.741. The third-order valence-electron chi connectivity index (χ3n) is 5.56. The third-order valence-corrected chi connectivity index (χ3v) is 5.56. The van der Waals surface area contributed by atoms with Gasteiger partial charge in [0.25, 0.3) is 0 Å². The van der Waals surface area contributed by atoms with Gasteiger partial charge in [0.05, 0.1) is 0 Å². The number of nitrogens with zero attached hydrogens (tertiary/aromatic N) is 1. The lowest BCUT2D eigenvalue weighted by Crippen LogP contribution is -2.48. The van der Waals surface area contributed by atoms with Crippen LogP contribution < -0.4 is 5.32 Å². The highest BCUT2D eigenvalue weighted by Crippen LogP contribution is 2.44. The van der Waals surface area contributed by atoms with Crippen molar-refractivity contribution in [3.8, 4) is 0 Å². The number of likely N-dealkylation sites (tertiary alicyclic amines) is 1. The van der Waals surface area contributed by atoms with Crippen LogP contribution in [0.4, 0.5) is 0 Å². The first-order chi connectivity index (χ1) is 9.15. The molecule has 2 fully saturated rings. The van der Waals surface area contributed by atoms with Crippen molar-refractivity contribution >= 4 is 0 Å². The lowest BCUT2D eigenvalue weighted by molar-refractivity contribution is 0.0599. The number of hydrogen-bond acceptors (Lipinski definition) is 2. The van der Waals surface area contributed by atoms with Gasteiger partial charge in [0.2, 0.25) is 0 Å². The van der Waals surface area contributed by atoms with Crippen LogP contribution in [0, 0.1) is 11.3 Å². The van der Waals surface area contributed by atoms with E-state index in [1.54, 1.807) is 0 Å². The monoisotopic (exact) mass is 266 g/mol. The number of nitrogens with one attached hydrogen (secondary N) is 1. The van der Waals surface area contributed by atoms with Crippen LogP contribution in [0.2, 0.25) is 0 Å². The van der Waals surface area contributed by atoms with Gasteiger partial charge in [-0.05, 0) is 56.7 Å². The Labute approximate surface area is 120 Å². The molecule has 2 aliphatic rings. The molecular formula is C17H34N2. The quantitative estimate of drug-likeness (QED) is 0.817. The van der Waals surface area contributed by atoms with Crippen molar-refractivity contribution < 1.29 is 0 Å². The maximum atomic E-state index is 3.66. The van der Waals surface area contributed by atoms with Gasteiger partial charge in [0, 0.05) is 12.6 Å². The third kappa shape index (κ3) is 4.19. The summed E-state index contributed by atoms with van der Waals surface area (Å²) in [6.45, 7) is 12.0. The molecule has 1 aliphatic carbocycles. The fraction of sp³-hybridized carbons (Fsp3) is 1.00. The van der Waals surface area contributed by atoms with Gasteiger partial charge in [-0.1, -0.05) is 40.0 Å². The van der Waals surface area contributed by atoms with Gasteiger partial charge in [0.15, 0.2) is 0 Å². The highest BCUT2D eigenvalue weighted by atomic mass is 15.2. The topological polar surface area (TPSA) is 15.3 Å². The van der Waals surface area contributed by atoms with Gasteiger partial charge in [0.1, 0.15) is 0 Å². The summed E-state index contributed by atoms with van der Waals surface area (Å²) < 4.78 is 0. The average molecular weight is 266 g/mol. The zero-order valence-electron chi connectivity index (χ0n) is 13.4. The van der Waals surface area contributed by atoms with E-state index in [0.29, 0.717) is 6.04 Å². The Bertz CT molecular complexity index is 246. The number of hydrogen-bond donors (Lipinski definition) is 1. The summed E-state index contributed by atoms with van der Waals surface area (Å²) in [7, 11) is 0. The van der Waals surface area contributed by atoms with E-state index in [4.69, 9.17) is 0 Å². The molecule has 2 nitrogen and oxygen atoms in total. The van der Waals surface area contributed by atoms with Crippen LogP contribution in [0.1, 0.15) is 65.7 Å². The van der Waals surface area contributed by atoms with E-state index in [9.17, 15) is 0 Å².